The van der Waals surface area contributed by atoms with E-state index in [1.165, 1.54) is 17.7 Å². The zero-order valence-electron chi connectivity index (χ0n) is 16.8. The van der Waals surface area contributed by atoms with E-state index in [2.05, 4.69) is 22.4 Å². The van der Waals surface area contributed by atoms with Gasteiger partial charge in [0, 0.05) is 18.4 Å². The number of hydrogen-bond donors (Lipinski definition) is 2. The Labute approximate surface area is 175 Å². The molecule has 0 aliphatic heterocycles. The number of aryl methyl sites for hydroxylation is 2. The van der Waals surface area contributed by atoms with Crippen molar-refractivity contribution in [2.24, 2.45) is 5.14 Å². The van der Waals surface area contributed by atoms with Gasteiger partial charge in [-0.1, -0.05) is 48.5 Å². The summed E-state index contributed by atoms with van der Waals surface area (Å²) in [5.74, 6) is 0.714. The smallest absolute Gasteiger partial charge is 0.238 e. The predicted octanol–water partition coefficient (Wildman–Crippen LogP) is 2.76. The Kier molecular flexibility index (Phi) is 6.63. The molecular weight excluding hydrogens is 404 g/mol. The molecule has 0 saturated heterocycles. The number of rotatable bonds is 8. The normalized spacial score (nSPS) is 12.5. The molecule has 0 radical (unpaired) electrons. The van der Waals surface area contributed by atoms with Crippen LogP contribution in [0.4, 0.5) is 0 Å². The summed E-state index contributed by atoms with van der Waals surface area (Å²) in [5.41, 5.74) is 2.86. The molecule has 2 aromatic carbocycles. The molecule has 0 saturated carbocycles. The van der Waals surface area contributed by atoms with Gasteiger partial charge in [-0.2, -0.15) is 4.98 Å². The van der Waals surface area contributed by atoms with Gasteiger partial charge in [0.05, 0.1) is 10.9 Å². The minimum Gasteiger partial charge on any atom is -0.350 e. The molecule has 1 heterocycles. The fourth-order valence-corrected chi connectivity index (χ4v) is 3.44. The molecule has 1 aromatic heterocycles. The minimum absolute atomic E-state index is 0.0290. The maximum atomic E-state index is 12.3. The molecular formula is C21H24N4O4S. The number of amides is 1. The SMILES string of the molecule is CCc1ccc(-c2noc(CCC(=O)N[C@@H](C)c3ccc(S(N)(=O)=O)cc3)n2)cc1. The van der Waals surface area contributed by atoms with Gasteiger partial charge >= 0.3 is 0 Å². The highest BCUT2D eigenvalue weighted by molar-refractivity contribution is 7.89. The monoisotopic (exact) mass is 428 g/mol. The quantitative estimate of drug-likeness (QED) is 0.568. The van der Waals surface area contributed by atoms with Crippen molar-refractivity contribution >= 4 is 15.9 Å². The van der Waals surface area contributed by atoms with Crippen molar-refractivity contribution in [2.45, 2.75) is 44.0 Å². The molecule has 158 valence electrons. The van der Waals surface area contributed by atoms with E-state index < -0.39 is 10.0 Å². The van der Waals surface area contributed by atoms with E-state index in [9.17, 15) is 13.2 Å². The van der Waals surface area contributed by atoms with Gasteiger partial charge in [-0.05, 0) is 36.6 Å². The average Bonchev–Trinajstić information content (AvgIpc) is 3.21. The number of hydrogen-bond acceptors (Lipinski definition) is 6. The lowest BCUT2D eigenvalue weighted by Gasteiger charge is -2.14. The number of carbonyl (C=O) groups excluding carboxylic acids is 1. The molecule has 0 unspecified atom stereocenters. The highest BCUT2D eigenvalue weighted by atomic mass is 32.2. The van der Waals surface area contributed by atoms with Crippen LogP contribution < -0.4 is 10.5 Å². The van der Waals surface area contributed by atoms with Crippen molar-refractivity contribution in [1.29, 1.82) is 0 Å². The summed E-state index contributed by atoms with van der Waals surface area (Å²) in [7, 11) is -3.74. The van der Waals surface area contributed by atoms with Crippen molar-refractivity contribution in [3.8, 4) is 11.4 Å². The number of nitrogens with one attached hydrogen (secondary N) is 1. The van der Waals surface area contributed by atoms with Gasteiger partial charge in [0.1, 0.15) is 0 Å². The Morgan fingerprint density at radius 1 is 1.13 bits per heavy atom. The maximum absolute atomic E-state index is 12.3. The Bertz CT molecular complexity index is 1110. The Hall–Kier alpha value is -3.04. The minimum atomic E-state index is -3.74. The molecule has 0 aliphatic carbocycles. The summed E-state index contributed by atoms with van der Waals surface area (Å²) < 4.78 is 27.9. The van der Waals surface area contributed by atoms with Crippen molar-refractivity contribution in [1.82, 2.24) is 15.5 Å². The van der Waals surface area contributed by atoms with Gasteiger partial charge in [0.15, 0.2) is 0 Å². The molecule has 0 bridgehead atoms. The van der Waals surface area contributed by atoms with Crippen LogP contribution in [0.3, 0.4) is 0 Å². The van der Waals surface area contributed by atoms with Crippen LogP contribution in [0.15, 0.2) is 57.9 Å². The van der Waals surface area contributed by atoms with Crippen molar-refractivity contribution < 1.29 is 17.7 Å². The van der Waals surface area contributed by atoms with Gasteiger partial charge in [-0.3, -0.25) is 4.79 Å². The number of benzene rings is 2. The number of aromatic nitrogens is 2. The third-order valence-corrected chi connectivity index (χ3v) is 5.67. The fourth-order valence-electron chi connectivity index (χ4n) is 2.93. The maximum Gasteiger partial charge on any atom is 0.238 e. The van der Waals surface area contributed by atoms with E-state index in [0.717, 1.165) is 17.5 Å². The molecule has 1 amide bonds. The second-order valence-corrected chi connectivity index (χ2v) is 8.53. The summed E-state index contributed by atoms with van der Waals surface area (Å²) >= 11 is 0. The van der Waals surface area contributed by atoms with Gasteiger partial charge in [0.25, 0.3) is 0 Å². The zero-order valence-corrected chi connectivity index (χ0v) is 17.6. The number of sulfonamides is 1. The molecule has 9 heteroatoms. The third kappa shape index (κ3) is 5.52. The second-order valence-electron chi connectivity index (χ2n) is 6.97. The van der Waals surface area contributed by atoms with Gasteiger partial charge < -0.3 is 9.84 Å². The molecule has 0 spiro atoms. The zero-order chi connectivity index (χ0) is 21.7. The summed E-state index contributed by atoms with van der Waals surface area (Å²) in [4.78, 5) is 16.6. The highest BCUT2D eigenvalue weighted by Gasteiger charge is 2.14. The van der Waals surface area contributed by atoms with Crippen LogP contribution in [0.1, 0.15) is 43.3 Å². The molecule has 30 heavy (non-hydrogen) atoms. The summed E-state index contributed by atoms with van der Waals surface area (Å²) in [6.07, 6.45) is 1.47. The van der Waals surface area contributed by atoms with Crippen molar-refractivity contribution in [3.63, 3.8) is 0 Å². The molecule has 0 fully saturated rings. The standard InChI is InChI=1S/C21H24N4O4S/c1-3-15-4-6-17(7-5-15)21-24-20(29-25-21)13-12-19(26)23-14(2)16-8-10-18(11-9-16)30(22,27)28/h4-11,14H,3,12-13H2,1-2H3,(H,23,26)(H2,22,27,28)/t14-/m0/s1. The topological polar surface area (TPSA) is 128 Å². The summed E-state index contributed by atoms with van der Waals surface area (Å²) in [6, 6.07) is 13.7. The Morgan fingerprint density at radius 3 is 2.40 bits per heavy atom. The molecule has 1 atom stereocenters. The van der Waals surface area contributed by atoms with E-state index in [0.29, 0.717) is 18.1 Å². The first-order valence-electron chi connectivity index (χ1n) is 9.60. The van der Waals surface area contributed by atoms with Crippen LogP contribution in [-0.2, 0) is 27.7 Å². The van der Waals surface area contributed by atoms with E-state index >= 15 is 0 Å². The first-order chi connectivity index (χ1) is 14.3. The fraction of sp³-hybridized carbons (Fsp3) is 0.286. The highest BCUT2D eigenvalue weighted by Crippen LogP contribution is 2.18. The van der Waals surface area contributed by atoms with Gasteiger partial charge in [-0.25, -0.2) is 13.6 Å². The van der Waals surface area contributed by atoms with E-state index in [-0.39, 0.29) is 23.3 Å². The van der Waals surface area contributed by atoms with E-state index in [4.69, 9.17) is 9.66 Å². The van der Waals surface area contributed by atoms with Gasteiger partial charge in [-0.15, -0.1) is 0 Å². The van der Waals surface area contributed by atoms with Crippen LogP contribution in [0.25, 0.3) is 11.4 Å². The number of nitrogens with zero attached hydrogens (tertiary/aromatic N) is 2. The van der Waals surface area contributed by atoms with Crippen molar-refractivity contribution in [2.75, 3.05) is 0 Å². The average molecular weight is 429 g/mol. The van der Waals surface area contributed by atoms with E-state index in [1.807, 2.05) is 31.2 Å². The lowest BCUT2D eigenvalue weighted by molar-refractivity contribution is -0.121. The molecule has 3 rings (SSSR count). The molecule has 8 nitrogen and oxygen atoms in total. The van der Waals surface area contributed by atoms with Crippen molar-refractivity contribution in [3.05, 3.63) is 65.5 Å². The number of nitrogens with two attached hydrogens (primary N) is 1. The van der Waals surface area contributed by atoms with Gasteiger partial charge in [0.2, 0.25) is 27.6 Å². The van der Waals surface area contributed by atoms with Crippen LogP contribution in [0.5, 0.6) is 0 Å². The number of carbonyl (C=O) groups is 1. The number of primary sulfonamides is 1. The van der Waals surface area contributed by atoms with Crippen LogP contribution in [0, 0.1) is 0 Å². The van der Waals surface area contributed by atoms with Crippen LogP contribution >= 0.6 is 0 Å². The first-order valence-corrected chi connectivity index (χ1v) is 11.1. The molecule has 3 aromatic rings. The largest absolute Gasteiger partial charge is 0.350 e. The summed E-state index contributed by atoms with van der Waals surface area (Å²) in [6.45, 7) is 3.90. The Balaban J connectivity index is 1.53. The first kappa shape index (κ1) is 21.7. The lowest BCUT2D eigenvalue weighted by Crippen LogP contribution is -2.26. The van der Waals surface area contributed by atoms with E-state index in [1.54, 1.807) is 12.1 Å². The lowest BCUT2D eigenvalue weighted by atomic mass is 10.1. The predicted molar refractivity (Wildman–Crippen MR) is 112 cm³/mol. The summed E-state index contributed by atoms with van der Waals surface area (Å²) in [5, 5.41) is 11.9. The van der Waals surface area contributed by atoms with Crippen LogP contribution in [0.2, 0.25) is 0 Å². The Morgan fingerprint density at radius 2 is 1.80 bits per heavy atom. The second kappa shape index (κ2) is 9.19. The molecule has 0 aliphatic rings. The third-order valence-electron chi connectivity index (χ3n) is 4.74. The molecule has 3 N–H and O–H groups in total. The van der Waals surface area contributed by atoms with Crippen LogP contribution in [-0.4, -0.2) is 24.5 Å².